The largest absolute Gasteiger partial charge is 0.490 e. The summed E-state index contributed by atoms with van der Waals surface area (Å²) >= 11 is 0. The smallest absolute Gasteiger partial charge is 0.475 e. The van der Waals surface area contributed by atoms with E-state index in [4.69, 9.17) is 14.6 Å². The molecule has 4 nitrogen and oxygen atoms in total. The number of hydrogen-bond acceptors (Lipinski definition) is 3. The zero-order valence-electron chi connectivity index (χ0n) is 18.8. The maximum absolute atomic E-state index is 13.1. The first-order chi connectivity index (χ1) is 16.4. The molecule has 1 heterocycles. The molecule has 2 aromatic rings. The predicted molar refractivity (Wildman–Crippen MR) is 110 cm³/mol. The van der Waals surface area contributed by atoms with Gasteiger partial charge in [-0.1, -0.05) is 37.3 Å². The van der Waals surface area contributed by atoms with Crippen LogP contribution in [0.15, 0.2) is 48.5 Å². The van der Waals surface area contributed by atoms with Crippen molar-refractivity contribution in [1.82, 2.24) is 5.32 Å². The maximum Gasteiger partial charge on any atom is 0.490 e. The van der Waals surface area contributed by atoms with Gasteiger partial charge in [-0.05, 0) is 42.2 Å². The summed E-state index contributed by atoms with van der Waals surface area (Å²) in [5, 5.41) is 10.5. The molecular weight excluding hydrogens is 509 g/mol. The van der Waals surface area contributed by atoms with Gasteiger partial charge in [0.15, 0.2) is 0 Å². The molecular formula is C23H22F9NO3. The van der Waals surface area contributed by atoms with Crippen LogP contribution in [0.4, 0.5) is 39.5 Å². The minimum Gasteiger partial charge on any atom is -0.475 e. The predicted octanol–water partition coefficient (Wildman–Crippen LogP) is 6.61. The van der Waals surface area contributed by atoms with Gasteiger partial charge in [-0.25, -0.2) is 4.79 Å². The van der Waals surface area contributed by atoms with Crippen LogP contribution in [0.3, 0.4) is 0 Å². The molecule has 36 heavy (non-hydrogen) atoms. The van der Waals surface area contributed by atoms with E-state index in [1.54, 1.807) is 0 Å². The van der Waals surface area contributed by atoms with Crippen LogP contribution < -0.4 is 5.32 Å². The highest BCUT2D eigenvalue weighted by molar-refractivity contribution is 5.73. The monoisotopic (exact) mass is 531 g/mol. The summed E-state index contributed by atoms with van der Waals surface area (Å²) in [6.45, 7) is 3.56. The number of alkyl halides is 9. The van der Waals surface area contributed by atoms with Crippen molar-refractivity contribution in [2.24, 2.45) is 5.92 Å². The highest BCUT2D eigenvalue weighted by Gasteiger charge is 2.41. The van der Waals surface area contributed by atoms with Crippen LogP contribution in [-0.2, 0) is 28.5 Å². The molecule has 0 radical (unpaired) electrons. The van der Waals surface area contributed by atoms with Gasteiger partial charge in [-0.2, -0.15) is 39.5 Å². The molecule has 0 bridgehead atoms. The quantitative estimate of drug-likeness (QED) is 0.436. The lowest BCUT2D eigenvalue weighted by Crippen LogP contribution is -2.26. The molecule has 1 saturated heterocycles. The van der Waals surface area contributed by atoms with Crippen molar-refractivity contribution in [1.29, 1.82) is 0 Å². The number of halogens is 9. The SMILES string of the molecule is C[C@@H]1[C@H](OCc2cc(C(F)(F)F)cc(C(F)(F)F)c2)[C@H](c2ccccc2)N[C@H]1C.O=C(O)C(F)(F)F. The highest BCUT2D eigenvalue weighted by Crippen LogP contribution is 2.38. The van der Waals surface area contributed by atoms with E-state index in [0.29, 0.717) is 12.1 Å². The minimum atomic E-state index is -5.08. The summed E-state index contributed by atoms with van der Waals surface area (Å²) in [7, 11) is 0. The van der Waals surface area contributed by atoms with E-state index in [-0.39, 0.29) is 36.2 Å². The van der Waals surface area contributed by atoms with Crippen molar-refractivity contribution >= 4 is 5.97 Å². The number of ether oxygens (including phenoxy) is 1. The number of benzene rings is 2. The number of carboxylic acids is 1. The number of rotatable bonds is 4. The van der Waals surface area contributed by atoms with Gasteiger partial charge in [0.2, 0.25) is 0 Å². The van der Waals surface area contributed by atoms with E-state index in [0.717, 1.165) is 5.56 Å². The maximum atomic E-state index is 13.1. The van der Waals surface area contributed by atoms with E-state index in [1.165, 1.54) is 0 Å². The zero-order valence-corrected chi connectivity index (χ0v) is 18.8. The molecule has 3 rings (SSSR count). The van der Waals surface area contributed by atoms with Gasteiger partial charge in [0, 0.05) is 6.04 Å². The van der Waals surface area contributed by atoms with E-state index in [1.807, 2.05) is 44.2 Å². The molecule has 0 aliphatic carbocycles. The first-order valence-corrected chi connectivity index (χ1v) is 10.4. The molecule has 4 atom stereocenters. The summed E-state index contributed by atoms with van der Waals surface area (Å²) < 4.78 is 116. The van der Waals surface area contributed by atoms with Crippen LogP contribution >= 0.6 is 0 Å². The standard InChI is InChI=1S/C21H21F6NO.C2HF3O2/c1-12-13(2)28-18(15-6-4-3-5-7-15)19(12)29-11-14-8-16(20(22,23)24)10-17(9-14)21(25,26)27;3-2(4,5)1(6)7/h3-10,12-13,18-19,28H,11H2,1-2H3;(H,6,7)/t12-,13-,18-,19-;/m0./s1. The van der Waals surface area contributed by atoms with Gasteiger partial charge < -0.3 is 15.2 Å². The first kappa shape index (κ1) is 29.4. The summed E-state index contributed by atoms with van der Waals surface area (Å²) in [5.41, 5.74) is -1.88. The Balaban J connectivity index is 0.000000572. The van der Waals surface area contributed by atoms with Gasteiger partial charge in [0.1, 0.15) is 0 Å². The number of hydrogen-bond donors (Lipinski definition) is 2. The average Bonchev–Trinajstić information content (AvgIpc) is 3.05. The third-order valence-electron chi connectivity index (χ3n) is 5.57. The molecule has 0 aromatic heterocycles. The Kier molecular flexibility index (Phi) is 9.05. The molecule has 0 spiro atoms. The number of carbonyl (C=O) groups is 1. The molecule has 1 aliphatic rings. The van der Waals surface area contributed by atoms with Crippen LogP contribution in [0.25, 0.3) is 0 Å². The lowest BCUT2D eigenvalue weighted by molar-refractivity contribution is -0.192. The van der Waals surface area contributed by atoms with Crippen molar-refractivity contribution in [2.45, 2.75) is 57.2 Å². The molecule has 0 amide bonds. The minimum absolute atomic E-state index is 0.0214. The van der Waals surface area contributed by atoms with E-state index < -0.39 is 41.7 Å². The Morgan fingerprint density at radius 3 is 1.78 bits per heavy atom. The van der Waals surface area contributed by atoms with Crippen LogP contribution in [0.1, 0.15) is 42.1 Å². The highest BCUT2D eigenvalue weighted by atomic mass is 19.4. The molecule has 200 valence electrons. The second-order valence-electron chi connectivity index (χ2n) is 8.20. The average molecular weight is 531 g/mol. The van der Waals surface area contributed by atoms with Gasteiger partial charge in [-0.3, -0.25) is 0 Å². The lowest BCUT2D eigenvalue weighted by Gasteiger charge is -2.24. The third-order valence-corrected chi connectivity index (χ3v) is 5.57. The van der Waals surface area contributed by atoms with Crippen molar-refractivity contribution < 1.29 is 54.2 Å². The van der Waals surface area contributed by atoms with Gasteiger partial charge in [-0.15, -0.1) is 0 Å². The lowest BCUT2D eigenvalue weighted by atomic mass is 9.95. The second-order valence-corrected chi connectivity index (χ2v) is 8.20. The van der Waals surface area contributed by atoms with Gasteiger partial charge in [0.25, 0.3) is 0 Å². The summed E-state index contributed by atoms with van der Waals surface area (Å²) in [5.74, 6) is -2.74. The summed E-state index contributed by atoms with van der Waals surface area (Å²) in [6, 6.07) is 10.8. The Hall–Kier alpha value is -2.80. The van der Waals surface area contributed by atoms with Crippen molar-refractivity contribution in [3.8, 4) is 0 Å². The van der Waals surface area contributed by atoms with E-state index in [9.17, 15) is 39.5 Å². The summed E-state index contributed by atoms with van der Waals surface area (Å²) in [4.78, 5) is 8.90. The number of nitrogens with one attached hydrogen (secondary N) is 1. The van der Waals surface area contributed by atoms with Crippen LogP contribution in [0, 0.1) is 5.92 Å². The molecule has 0 saturated carbocycles. The molecule has 1 fully saturated rings. The Bertz CT molecular complexity index is 988. The number of carboxylic acid groups (broad SMARTS) is 1. The van der Waals surface area contributed by atoms with Crippen molar-refractivity contribution in [3.05, 3.63) is 70.8 Å². The fourth-order valence-corrected chi connectivity index (χ4v) is 3.61. The van der Waals surface area contributed by atoms with Gasteiger partial charge in [0.05, 0.1) is 29.9 Å². The van der Waals surface area contributed by atoms with E-state index >= 15 is 0 Å². The molecule has 1 aliphatic heterocycles. The van der Waals surface area contributed by atoms with E-state index in [2.05, 4.69) is 5.32 Å². The zero-order chi connectivity index (χ0) is 27.5. The molecule has 13 heteroatoms. The fraction of sp³-hybridized carbons (Fsp3) is 0.435. The Morgan fingerprint density at radius 2 is 1.36 bits per heavy atom. The van der Waals surface area contributed by atoms with Crippen molar-refractivity contribution in [3.63, 3.8) is 0 Å². The van der Waals surface area contributed by atoms with Crippen LogP contribution in [0.5, 0.6) is 0 Å². The topological polar surface area (TPSA) is 58.6 Å². The van der Waals surface area contributed by atoms with Crippen LogP contribution in [-0.4, -0.2) is 29.4 Å². The molecule has 0 unspecified atom stereocenters. The summed E-state index contributed by atoms with van der Waals surface area (Å²) in [6.07, 6.45) is -15.2. The molecule has 2 N–H and O–H groups in total. The Morgan fingerprint density at radius 1 is 0.889 bits per heavy atom. The normalized spacial score (nSPS) is 22.6. The first-order valence-electron chi connectivity index (χ1n) is 10.4. The number of aliphatic carboxylic acids is 1. The van der Waals surface area contributed by atoms with Gasteiger partial charge >= 0.3 is 24.5 Å². The molecule has 2 aromatic carbocycles. The fourth-order valence-electron chi connectivity index (χ4n) is 3.61. The second kappa shape index (κ2) is 11.1. The van der Waals surface area contributed by atoms with Crippen LogP contribution in [0.2, 0.25) is 0 Å². The third kappa shape index (κ3) is 7.85. The van der Waals surface area contributed by atoms with Crippen molar-refractivity contribution in [2.75, 3.05) is 0 Å². The Labute approximate surface area is 200 Å².